The fourth-order valence-corrected chi connectivity index (χ4v) is 1.98. The molecule has 0 spiro atoms. The summed E-state index contributed by atoms with van der Waals surface area (Å²) in [5, 5.41) is 0.724. The minimum absolute atomic E-state index is 0. The lowest BCUT2D eigenvalue weighted by Gasteiger charge is -2.14. The highest BCUT2D eigenvalue weighted by atomic mass is 35.5. The van der Waals surface area contributed by atoms with Gasteiger partial charge >= 0.3 is 0 Å². The van der Waals surface area contributed by atoms with Gasteiger partial charge in [0.25, 0.3) is 0 Å². The van der Waals surface area contributed by atoms with Crippen molar-refractivity contribution in [2.24, 2.45) is 5.73 Å². The highest BCUT2D eigenvalue weighted by Crippen LogP contribution is 2.27. The first-order valence-electron chi connectivity index (χ1n) is 5.25. The van der Waals surface area contributed by atoms with Gasteiger partial charge in [0, 0.05) is 5.02 Å². The van der Waals surface area contributed by atoms with Gasteiger partial charge in [-0.2, -0.15) is 0 Å². The third kappa shape index (κ3) is 3.22. The Kier molecular flexibility index (Phi) is 5.01. The molecule has 2 rings (SSSR count). The van der Waals surface area contributed by atoms with Gasteiger partial charge < -0.3 is 5.73 Å². The number of hydrogen-bond donors (Lipinski definition) is 1. The molecular weight excluding hydrogens is 253 g/mol. The Morgan fingerprint density at radius 2 is 1.71 bits per heavy atom. The van der Waals surface area contributed by atoms with E-state index in [1.54, 1.807) is 0 Å². The Morgan fingerprint density at radius 3 is 2.35 bits per heavy atom. The zero-order valence-corrected chi connectivity index (χ0v) is 11.1. The molecule has 1 nitrogen and oxygen atoms in total. The molecule has 2 N–H and O–H groups in total. The summed E-state index contributed by atoms with van der Waals surface area (Å²) < 4.78 is 0. The van der Waals surface area contributed by atoms with Crippen molar-refractivity contribution in [2.75, 3.05) is 0 Å². The number of halogens is 2. The van der Waals surface area contributed by atoms with E-state index in [4.69, 9.17) is 17.3 Å². The average Bonchev–Trinajstić information content (AvgIpc) is 2.32. The van der Waals surface area contributed by atoms with E-state index in [0.717, 1.165) is 16.1 Å². The SMILES string of the molecule is Cc1ccc(Cl)c(C(N)c2ccccc2)c1.Cl. The summed E-state index contributed by atoms with van der Waals surface area (Å²) in [6.45, 7) is 2.04. The third-order valence-electron chi connectivity index (χ3n) is 2.65. The molecule has 2 aromatic rings. The zero-order chi connectivity index (χ0) is 11.5. The van der Waals surface area contributed by atoms with Crippen LogP contribution in [0.25, 0.3) is 0 Å². The largest absolute Gasteiger partial charge is 0.320 e. The Bertz CT molecular complexity index is 483. The topological polar surface area (TPSA) is 26.0 Å². The van der Waals surface area contributed by atoms with Crippen molar-refractivity contribution in [3.63, 3.8) is 0 Å². The maximum Gasteiger partial charge on any atom is 0.0566 e. The summed E-state index contributed by atoms with van der Waals surface area (Å²) >= 11 is 6.16. The molecule has 0 aliphatic heterocycles. The minimum Gasteiger partial charge on any atom is -0.320 e. The highest BCUT2D eigenvalue weighted by molar-refractivity contribution is 6.31. The van der Waals surface area contributed by atoms with Crippen molar-refractivity contribution in [1.82, 2.24) is 0 Å². The molecule has 17 heavy (non-hydrogen) atoms. The van der Waals surface area contributed by atoms with Crippen molar-refractivity contribution in [3.05, 3.63) is 70.2 Å². The van der Waals surface area contributed by atoms with Crippen LogP contribution in [0.15, 0.2) is 48.5 Å². The van der Waals surface area contributed by atoms with Crippen LogP contribution in [0.1, 0.15) is 22.7 Å². The smallest absolute Gasteiger partial charge is 0.0566 e. The molecule has 1 atom stereocenters. The van der Waals surface area contributed by atoms with E-state index in [0.29, 0.717) is 0 Å². The molecule has 0 bridgehead atoms. The summed E-state index contributed by atoms with van der Waals surface area (Å²) in [4.78, 5) is 0. The van der Waals surface area contributed by atoms with E-state index >= 15 is 0 Å². The molecule has 0 amide bonds. The van der Waals surface area contributed by atoms with Crippen LogP contribution in [0.5, 0.6) is 0 Å². The van der Waals surface area contributed by atoms with Gasteiger partial charge in [-0.25, -0.2) is 0 Å². The lowest BCUT2D eigenvalue weighted by Crippen LogP contribution is -2.12. The molecule has 0 aliphatic carbocycles. The van der Waals surface area contributed by atoms with Gasteiger partial charge in [0.05, 0.1) is 6.04 Å². The van der Waals surface area contributed by atoms with E-state index in [2.05, 4.69) is 0 Å². The molecule has 0 aromatic heterocycles. The second-order valence-corrected chi connectivity index (χ2v) is 4.32. The van der Waals surface area contributed by atoms with Crippen LogP contribution < -0.4 is 5.73 Å². The van der Waals surface area contributed by atoms with Gasteiger partial charge in [-0.15, -0.1) is 12.4 Å². The lowest BCUT2D eigenvalue weighted by atomic mass is 9.98. The van der Waals surface area contributed by atoms with E-state index in [-0.39, 0.29) is 18.4 Å². The van der Waals surface area contributed by atoms with E-state index in [1.165, 1.54) is 5.56 Å². The molecule has 0 saturated carbocycles. The fraction of sp³-hybridized carbons (Fsp3) is 0.143. The van der Waals surface area contributed by atoms with Crippen LogP contribution in [0.3, 0.4) is 0 Å². The Hall–Kier alpha value is -1.02. The first-order valence-corrected chi connectivity index (χ1v) is 5.63. The molecule has 2 aromatic carbocycles. The standard InChI is InChI=1S/C14H14ClN.ClH/c1-10-7-8-13(15)12(9-10)14(16)11-5-3-2-4-6-11;/h2-9,14H,16H2,1H3;1H. The summed E-state index contributed by atoms with van der Waals surface area (Å²) in [6.07, 6.45) is 0. The van der Waals surface area contributed by atoms with Crippen LogP contribution in [0.2, 0.25) is 5.02 Å². The molecular formula is C14H15Cl2N. The van der Waals surface area contributed by atoms with Crippen LogP contribution in [0, 0.1) is 6.92 Å². The molecule has 90 valence electrons. The monoisotopic (exact) mass is 267 g/mol. The maximum atomic E-state index is 6.20. The van der Waals surface area contributed by atoms with Crippen molar-refractivity contribution in [3.8, 4) is 0 Å². The van der Waals surface area contributed by atoms with Crippen LogP contribution in [-0.2, 0) is 0 Å². The van der Waals surface area contributed by atoms with Gasteiger partial charge in [0.2, 0.25) is 0 Å². The van der Waals surface area contributed by atoms with Gasteiger partial charge in [0.1, 0.15) is 0 Å². The second-order valence-electron chi connectivity index (χ2n) is 3.91. The zero-order valence-electron chi connectivity index (χ0n) is 9.56. The van der Waals surface area contributed by atoms with E-state index in [9.17, 15) is 0 Å². The van der Waals surface area contributed by atoms with Gasteiger partial charge in [0.15, 0.2) is 0 Å². The summed E-state index contributed by atoms with van der Waals surface area (Å²) in [7, 11) is 0. The second kappa shape index (κ2) is 6.06. The average molecular weight is 268 g/mol. The summed E-state index contributed by atoms with van der Waals surface area (Å²) in [6, 6.07) is 15.8. The maximum absolute atomic E-state index is 6.20. The van der Waals surface area contributed by atoms with Gasteiger partial charge in [-0.05, 0) is 24.1 Å². The molecule has 0 fully saturated rings. The minimum atomic E-state index is -0.159. The van der Waals surface area contributed by atoms with Crippen molar-refractivity contribution in [2.45, 2.75) is 13.0 Å². The van der Waals surface area contributed by atoms with Crippen LogP contribution in [0.4, 0.5) is 0 Å². The predicted octanol–water partition coefficient (Wildman–Crippen LogP) is 4.12. The molecule has 0 saturated heterocycles. The summed E-state index contributed by atoms with van der Waals surface area (Å²) in [5.74, 6) is 0. The summed E-state index contributed by atoms with van der Waals surface area (Å²) in [5.41, 5.74) is 9.43. The molecule has 0 radical (unpaired) electrons. The third-order valence-corrected chi connectivity index (χ3v) is 2.99. The van der Waals surface area contributed by atoms with Crippen molar-refractivity contribution in [1.29, 1.82) is 0 Å². The number of rotatable bonds is 2. The Balaban J connectivity index is 0.00000144. The molecule has 0 heterocycles. The fourth-order valence-electron chi connectivity index (χ4n) is 1.74. The Labute approximate surface area is 113 Å². The van der Waals surface area contributed by atoms with Crippen molar-refractivity contribution >= 4 is 24.0 Å². The molecule has 1 unspecified atom stereocenters. The number of benzene rings is 2. The predicted molar refractivity (Wildman–Crippen MR) is 75.9 cm³/mol. The van der Waals surface area contributed by atoms with Crippen LogP contribution in [-0.4, -0.2) is 0 Å². The number of nitrogens with two attached hydrogens (primary N) is 1. The van der Waals surface area contributed by atoms with Gasteiger partial charge in [-0.1, -0.05) is 59.6 Å². The molecule has 0 aliphatic rings. The Morgan fingerprint density at radius 1 is 1.06 bits per heavy atom. The first kappa shape index (κ1) is 14.0. The van der Waals surface area contributed by atoms with E-state index in [1.807, 2.05) is 55.5 Å². The normalized spacial score (nSPS) is 11.7. The quantitative estimate of drug-likeness (QED) is 0.871. The van der Waals surface area contributed by atoms with Gasteiger partial charge in [-0.3, -0.25) is 0 Å². The lowest BCUT2D eigenvalue weighted by molar-refractivity contribution is 0.870. The van der Waals surface area contributed by atoms with Crippen LogP contribution >= 0.6 is 24.0 Å². The van der Waals surface area contributed by atoms with Crippen molar-refractivity contribution < 1.29 is 0 Å². The first-order chi connectivity index (χ1) is 7.68. The molecule has 3 heteroatoms. The number of aryl methyl sites for hydroxylation is 1. The highest BCUT2D eigenvalue weighted by Gasteiger charge is 2.11. The number of hydrogen-bond acceptors (Lipinski definition) is 1. The van der Waals surface area contributed by atoms with E-state index < -0.39 is 0 Å².